The molecule has 2 N–H and O–H groups in total. The van der Waals surface area contributed by atoms with E-state index in [0.717, 1.165) is 5.56 Å². The number of thiophene rings is 1. The molecule has 2 aromatic carbocycles. The Balaban J connectivity index is 2.04. The van der Waals surface area contributed by atoms with Crippen molar-refractivity contribution in [3.63, 3.8) is 0 Å². The normalized spacial score (nSPS) is 12.0. The van der Waals surface area contributed by atoms with Crippen LogP contribution in [-0.2, 0) is 9.59 Å². The predicted octanol–water partition coefficient (Wildman–Crippen LogP) is 5.52. The van der Waals surface area contributed by atoms with Crippen LogP contribution < -0.4 is 15.5 Å². The average Bonchev–Trinajstić information content (AvgIpc) is 3.37. The van der Waals surface area contributed by atoms with E-state index in [0.29, 0.717) is 27.6 Å². The SMILES string of the molecule is CCC(C)(C)NC(=O)C(c1ccc(C)cc1)N(C(=O)CNC(=O)c1cccs1)c1ccccc1Cl. The maximum atomic E-state index is 13.7. The minimum atomic E-state index is -0.993. The van der Waals surface area contributed by atoms with Crippen molar-refractivity contribution in [2.75, 3.05) is 11.4 Å². The number of nitrogens with zero attached hydrogens (tertiary/aromatic N) is 1. The van der Waals surface area contributed by atoms with Gasteiger partial charge in [0.25, 0.3) is 5.91 Å². The molecule has 0 fully saturated rings. The summed E-state index contributed by atoms with van der Waals surface area (Å²) in [5.41, 5.74) is 1.57. The maximum Gasteiger partial charge on any atom is 0.261 e. The monoisotopic (exact) mass is 511 g/mol. The van der Waals surface area contributed by atoms with Crippen molar-refractivity contribution in [1.82, 2.24) is 10.6 Å². The summed E-state index contributed by atoms with van der Waals surface area (Å²) in [4.78, 5) is 41.8. The molecule has 0 radical (unpaired) electrons. The lowest BCUT2D eigenvalue weighted by atomic mass is 9.97. The lowest BCUT2D eigenvalue weighted by Crippen LogP contribution is -2.52. The van der Waals surface area contributed by atoms with Crippen LogP contribution in [0.15, 0.2) is 66.0 Å². The highest BCUT2D eigenvalue weighted by Gasteiger charge is 2.35. The predicted molar refractivity (Wildman–Crippen MR) is 142 cm³/mol. The number of amides is 3. The quantitative estimate of drug-likeness (QED) is 0.397. The molecule has 3 rings (SSSR count). The van der Waals surface area contributed by atoms with Gasteiger partial charge in [0, 0.05) is 5.54 Å². The number of hydrogen-bond acceptors (Lipinski definition) is 4. The van der Waals surface area contributed by atoms with Crippen LogP contribution in [-0.4, -0.2) is 29.8 Å². The Morgan fingerprint density at radius 2 is 1.71 bits per heavy atom. The molecule has 3 amide bonds. The minimum Gasteiger partial charge on any atom is -0.349 e. The van der Waals surface area contributed by atoms with E-state index in [9.17, 15) is 14.4 Å². The van der Waals surface area contributed by atoms with E-state index in [1.54, 1.807) is 41.8 Å². The van der Waals surface area contributed by atoms with Crippen LogP contribution in [0.5, 0.6) is 0 Å². The van der Waals surface area contributed by atoms with Gasteiger partial charge in [-0.3, -0.25) is 19.3 Å². The zero-order valence-electron chi connectivity index (χ0n) is 20.3. The van der Waals surface area contributed by atoms with Crippen LogP contribution in [0, 0.1) is 6.92 Å². The number of nitrogens with one attached hydrogen (secondary N) is 2. The Labute approximate surface area is 215 Å². The van der Waals surface area contributed by atoms with Gasteiger partial charge >= 0.3 is 0 Å². The molecule has 3 aromatic rings. The van der Waals surface area contributed by atoms with Crippen LogP contribution >= 0.6 is 22.9 Å². The van der Waals surface area contributed by atoms with E-state index < -0.39 is 17.5 Å². The summed E-state index contributed by atoms with van der Waals surface area (Å²) >= 11 is 7.80. The standard InChI is InChI=1S/C27H30ClN3O3S/c1-5-27(3,4)30-26(34)24(19-14-12-18(2)13-15-19)31(21-10-7-6-9-20(21)28)23(32)17-29-25(33)22-11-8-16-35-22/h6-16,24H,5,17H2,1-4H3,(H,29,33)(H,30,34). The molecule has 0 aliphatic carbocycles. The number of carbonyl (C=O) groups is 3. The van der Waals surface area contributed by atoms with E-state index in [-0.39, 0.29) is 18.4 Å². The lowest BCUT2D eigenvalue weighted by Gasteiger charge is -2.35. The number of aryl methyl sites for hydroxylation is 1. The van der Waals surface area contributed by atoms with Gasteiger partial charge in [-0.1, -0.05) is 66.6 Å². The second-order valence-electron chi connectivity index (χ2n) is 8.92. The Hall–Kier alpha value is -3.16. The first kappa shape index (κ1) is 26.4. The highest BCUT2D eigenvalue weighted by Crippen LogP contribution is 2.34. The second kappa shape index (κ2) is 11.5. The average molecular weight is 512 g/mol. The van der Waals surface area contributed by atoms with Crippen LogP contribution in [0.3, 0.4) is 0 Å². The highest BCUT2D eigenvalue weighted by atomic mass is 35.5. The van der Waals surface area contributed by atoms with Crippen molar-refractivity contribution in [2.24, 2.45) is 0 Å². The highest BCUT2D eigenvalue weighted by molar-refractivity contribution is 7.12. The van der Waals surface area contributed by atoms with Gasteiger partial charge in [0.15, 0.2) is 0 Å². The van der Waals surface area contributed by atoms with Gasteiger partial charge in [0.05, 0.1) is 22.1 Å². The fraction of sp³-hybridized carbons (Fsp3) is 0.296. The van der Waals surface area contributed by atoms with Crippen LogP contribution in [0.2, 0.25) is 5.02 Å². The zero-order chi connectivity index (χ0) is 25.6. The summed E-state index contributed by atoms with van der Waals surface area (Å²) in [7, 11) is 0. The van der Waals surface area contributed by atoms with E-state index in [2.05, 4.69) is 10.6 Å². The van der Waals surface area contributed by atoms with Crippen molar-refractivity contribution in [1.29, 1.82) is 0 Å². The Morgan fingerprint density at radius 1 is 1.03 bits per heavy atom. The second-order valence-corrected chi connectivity index (χ2v) is 10.3. The lowest BCUT2D eigenvalue weighted by molar-refractivity contribution is -0.127. The van der Waals surface area contributed by atoms with Crippen molar-refractivity contribution in [3.8, 4) is 0 Å². The fourth-order valence-electron chi connectivity index (χ4n) is 3.46. The molecule has 0 spiro atoms. The Bertz CT molecular complexity index is 1180. The molecule has 0 saturated heterocycles. The molecule has 1 aromatic heterocycles. The van der Waals surface area contributed by atoms with Gasteiger partial charge < -0.3 is 10.6 Å². The van der Waals surface area contributed by atoms with Crippen molar-refractivity contribution in [2.45, 2.75) is 45.7 Å². The maximum absolute atomic E-state index is 13.7. The fourth-order valence-corrected chi connectivity index (χ4v) is 4.32. The molecule has 0 saturated carbocycles. The molecule has 184 valence electrons. The summed E-state index contributed by atoms with van der Waals surface area (Å²) in [6, 6.07) is 16.8. The van der Waals surface area contributed by atoms with Crippen molar-refractivity contribution >= 4 is 46.3 Å². The molecule has 1 heterocycles. The molecule has 1 atom stereocenters. The number of rotatable bonds is 9. The molecule has 1 unspecified atom stereocenters. The van der Waals surface area contributed by atoms with E-state index in [4.69, 9.17) is 11.6 Å². The third-order valence-corrected chi connectivity index (χ3v) is 6.96. The molecular formula is C27H30ClN3O3S. The third kappa shape index (κ3) is 6.71. The zero-order valence-corrected chi connectivity index (χ0v) is 21.9. The summed E-state index contributed by atoms with van der Waals surface area (Å²) in [5, 5.41) is 7.86. The van der Waals surface area contributed by atoms with E-state index in [1.807, 2.05) is 52.0 Å². The van der Waals surface area contributed by atoms with Gasteiger partial charge in [-0.25, -0.2) is 0 Å². The third-order valence-electron chi connectivity index (χ3n) is 5.77. The number of hydrogen-bond donors (Lipinski definition) is 2. The van der Waals surface area contributed by atoms with E-state index in [1.165, 1.54) is 16.2 Å². The van der Waals surface area contributed by atoms with Gasteiger partial charge in [-0.15, -0.1) is 11.3 Å². The first-order chi connectivity index (χ1) is 16.6. The molecule has 35 heavy (non-hydrogen) atoms. The topological polar surface area (TPSA) is 78.5 Å². The summed E-state index contributed by atoms with van der Waals surface area (Å²) in [5.74, 6) is -1.15. The Kier molecular flexibility index (Phi) is 8.70. The van der Waals surface area contributed by atoms with Crippen LogP contribution in [0.4, 0.5) is 5.69 Å². The van der Waals surface area contributed by atoms with Gasteiger partial charge in [0.2, 0.25) is 11.8 Å². The number of halogens is 1. The largest absolute Gasteiger partial charge is 0.349 e. The number of benzene rings is 2. The van der Waals surface area contributed by atoms with Crippen molar-refractivity contribution in [3.05, 3.63) is 87.1 Å². The first-order valence-corrected chi connectivity index (χ1v) is 12.7. The summed E-state index contributed by atoms with van der Waals surface area (Å²) in [6.45, 7) is 7.50. The molecular weight excluding hydrogens is 482 g/mol. The molecule has 0 bridgehead atoms. The summed E-state index contributed by atoms with van der Waals surface area (Å²) in [6.07, 6.45) is 0.705. The minimum absolute atomic E-state index is 0.297. The molecule has 0 aliphatic heterocycles. The molecule has 8 heteroatoms. The smallest absolute Gasteiger partial charge is 0.261 e. The number of carbonyl (C=O) groups excluding carboxylic acids is 3. The number of para-hydroxylation sites is 1. The van der Waals surface area contributed by atoms with E-state index >= 15 is 0 Å². The van der Waals surface area contributed by atoms with Gasteiger partial charge in [-0.2, -0.15) is 0 Å². The molecule has 0 aliphatic rings. The van der Waals surface area contributed by atoms with Gasteiger partial charge in [-0.05, 0) is 56.3 Å². The van der Waals surface area contributed by atoms with Crippen LogP contribution in [0.1, 0.15) is 54.0 Å². The Morgan fingerprint density at radius 3 is 2.31 bits per heavy atom. The van der Waals surface area contributed by atoms with Gasteiger partial charge in [0.1, 0.15) is 6.04 Å². The van der Waals surface area contributed by atoms with Crippen molar-refractivity contribution < 1.29 is 14.4 Å². The molecule has 6 nitrogen and oxygen atoms in total. The first-order valence-electron chi connectivity index (χ1n) is 11.4. The number of anilines is 1. The van der Waals surface area contributed by atoms with Crippen LogP contribution in [0.25, 0.3) is 0 Å². The summed E-state index contributed by atoms with van der Waals surface area (Å²) < 4.78 is 0.